The van der Waals surface area contributed by atoms with E-state index in [0.717, 1.165) is 18.5 Å². The Morgan fingerprint density at radius 2 is 1.88 bits per heavy atom. The first kappa shape index (κ1) is 12.6. The van der Waals surface area contributed by atoms with Gasteiger partial charge in [0.1, 0.15) is 0 Å². The van der Waals surface area contributed by atoms with E-state index >= 15 is 0 Å². The van der Waals surface area contributed by atoms with Gasteiger partial charge >= 0.3 is 0 Å². The van der Waals surface area contributed by atoms with Gasteiger partial charge in [-0.1, -0.05) is 44.5 Å². The van der Waals surface area contributed by atoms with E-state index in [1.165, 1.54) is 37.7 Å². The molecular weight excluding hydrogens is 206 g/mol. The van der Waals surface area contributed by atoms with Crippen molar-refractivity contribution >= 4 is 0 Å². The Bertz CT molecular complexity index is 328. The highest BCUT2D eigenvalue weighted by molar-refractivity contribution is 5.26. The van der Waals surface area contributed by atoms with E-state index in [1.807, 2.05) is 0 Å². The van der Waals surface area contributed by atoms with Crippen LogP contribution in [0.25, 0.3) is 0 Å². The van der Waals surface area contributed by atoms with Gasteiger partial charge in [-0.05, 0) is 49.3 Å². The molecular formula is C16H25N. The standard InChI is InChI=1S/C16H25N/c1-3-5-13-6-8-14(9-7-13)15-10-11-16(12-15)17-4-2/h6-9,15-17H,3-5,10-12H2,1-2H3. The molecule has 2 atom stereocenters. The van der Waals surface area contributed by atoms with Crippen LogP contribution in [0.15, 0.2) is 24.3 Å². The van der Waals surface area contributed by atoms with Crippen LogP contribution in [0.3, 0.4) is 0 Å². The van der Waals surface area contributed by atoms with E-state index in [2.05, 4.69) is 43.4 Å². The van der Waals surface area contributed by atoms with E-state index < -0.39 is 0 Å². The summed E-state index contributed by atoms with van der Waals surface area (Å²) >= 11 is 0. The van der Waals surface area contributed by atoms with Crippen molar-refractivity contribution in [2.45, 2.75) is 57.9 Å². The van der Waals surface area contributed by atoms with Crippen LogP contribution >= 0.6 is 0 Å². The smallest absolute Gasteiger partial charge is 0.00729 e. The summed E-state index contributed by atoms with van der Waals surface area (Å²) in [6.45, 7) is 5.55. The predicted molar refractivity (Wildman–Crippen MR) is 74.5 cm³/mol. The maximum Gasteiger partial charge on any atom is 0.00729 e. The molecule has 1 aromatic carbocycles. The molecule has 1 fully saturated rings. The Labute approximate surface area is 106 Å². The third kappa shape index (κ3) is 3.32. The number of aryl methyl sites for hydroxylation is 1. The third-order valence-electron chi connectivity index (χ3n) is 3.92. The molecule has 0 aliphatic heterocycles. The van der Waals surface area contributed by atoms with Gasteiger partial charge in [-0.25, -0.2) is 0 Å². The SMILES string of the molecule is CCCc1ccc(C2CCC(NCC)C2)cc1. The van der Waals surface area contributed by atoms with Crippen molar-refractivity contribution in [3.63, 3.8) is 0 Å². The summed E-state index contributed by atoms with van der Waals surface area (Å²) in [6.07, 6.45) is 6.47. The Morgan fingerprint density at radius 3 is 2.53 bits per heavy atom. The predicted octanol–water partition coefficient (Wildman–Crippen LogP) is 3.88. The highest BCUT2D eigenvalue weighted by atomic mass is 14.9. The molecule has 1 aliphatic rings. The summed E-state index contributed by atoms with van der Waals surface area (Å²) < 4.78 is 0. The van der Waals surface area contributed by atoms with Crippen LogP contribution in [0.2, 0.25) is 0 Å². The summed E-state index contributed by atoms with van der Waals surface area (Å²) in [5.41, 5.74) is 3.03. The Balaban J connectivity index is 1.94. The van der Waals surface area contributed by atoms with Crippen molar-refractivity contribution in [1.82, 2.24) is 5.32 Å². The lowest BCUT2D eigenvalue weighted by Gasteiger charge is -2.12. The van der Waals surface area contributed by atoms with Crippen LogP contribution in [0, 0.1) is 0 Å². The molecule has 1 N–H and O–H groups in total. The topological polar surface area (TPSA) is 12.0 Å². The van der Waals surface area contributed by atoms with Crippen molar-refractivity contribution in [2.24, 2.45) is 0 Å². The monoisotopic (exact) mass is 231 g/mol. The fraction of sp³-hybridized carbons (Fsp3) is 0.625. The summed E-state index contributed by atoms with van der Waals surface area (Å²) in [7, 11) is 0. The van der Waals surface area contributed by atoms with Crippen molar-refractivity contribution in [3.8, 4) is 0 Å². The minimum absolute atomic E-state index is 0.750. The van der Waals surface area contributed by atoms with Crippen molar-refractivity contribution < 1.29 is 0 Å². The van der Waals surface area contributed by atoms with Crippen LogP contribution in [0.1, 0.15) is 56.6 Å². The molecule has 0 amide bonds. The van der Waals surface area contributed by atoms with E-state index in [-0.39, 0.29) is 0 Å². The molecule has 2 rings (SSSR count). The molecule has 2 unspecified atom stereocenters. The molecule has 0 spiro atoms. The molecule has 1 nitrogen and oxygen atoms in total. The van der Waals surface area contributed by atoms with Gasteiger partial charge in [0.2, 0.25) is 0 Å². The van der Waals surface area contributed by atoms with Crippen LogP contribution in [0.5, 0.6) is 0 Å². The molecule has 0 aromatic heterocycles. The molecule has 1 heteroatoms. The molecule has 17 heavy (non-hydrogen) atoms. The van der Waals surface area contributed by atoms with E-state index in [0.29, 0.717) is 0 Å². The zero-order valence-electron chi connectivity index (χ0n) is 11.2. The molecule has 0 heterocycles. The molecule has 0 bridgehead atoms. The van der Waals surface area contributed by atoms with Crippen molar-refractivity contribution in [3.05, 3.63) is 35.4 Å². The quantitative estimate of drug-likeness (QED) is 0.811. The summed E-state index contributed by atoms with van der Waals surface area (Å²) in [4.78, 5) is 0. The minimum atomic E-state index is 0.750. The van der Waals surface area contributed by atoms with E-state index in [1.54, 1.807) is 5.56 Å². The molecule has 1 saturated carbocycles. The zero-order chi connectivity index (χ0) is 12.1. The van der Waals surface area contributed by atoms with Gasteiger partial charge in [0.15, 0.2) is 0 Å². The average molecular weight is 231 g/mol. The van der Waals surface area contributed by atoms with Crippen molar-refractivity contribution in [1.29, 1.82) is 0 Å². The largest absolute Gasteiger partial charge is 0.314 e. The summed E-state index contributed by atoms with van der Waals surface area (Å²) in [5, 5.41) is 3.58. The fourth-order valence-corrected chi connectivity index (χ4v) is 3.00. The lowest BCUT2D eigenvalue weighted by atomic mass is 9.95. The molecule has 1 aliphatic carbocycles. The van der Waals surface area contributed by atoms with Gasteiger partial charge in [0.25, 0.3) is 0 Å². The number of nitrogens with one attached hydrogen (secondary N) is 1. The van der Waals surface area contributed by atoms with Gasteiger partial charge in [-0.15, -0.1) is 0 Å². The normalized spacial score (nSPS) is 24.1. The zero-order valence-corrected chi connectivity index (χ0v) is 11.2. The molecule has 0 radical (unpaired) electrons. The first-order valence-corrected chi connectivity index (χ1v) is 7.15. The molecule has 1 aromatic rings. The van der Waals surface area contributed by atoms with Crippen molar-refractivity contribution in [2.75, 3.05) is 6.54 Å². The number of hydrogen-bond donors (Lipinski definition) is 1. The van der Waals surface area contributed by atoms with Crippen LogP contribution < -0.4 is 5.32 Å². The third-order valence-corrected chi connectivity index (χ3v) is 3.92. The van der Waals surface area contributed by atoms with Gasteiger partial charge in [-0.3, -0.25) is 0 Å². The number of hydrogen-bond acceptors (Lipinski definition) is 1. The van der Waals surface area contributed by atoms with Gasteiger partial charge < -0.3 is 5.32 Å². The van der Waals surface area contributed by atoms with Gasteiger partial charge in [0, 0.05) is 6.04 Å². The lowest BCUT2D eigenvalue weighted by molar-refractivity contribution is 0.535. The highest BCUT2D eigenvalue weighted by Crippen LogP contribution is 2.34. The Hall–Kier alpha value is -0.820. The van der Waals surface area contributed by atoms with Gasteiger partial charge in [0.05, 0.1) is 0 Å². The average Bonchev–Trinajstić information content (AvgIpc) is 2.80. The van der Waals surface area contributed by atoms with E-state index in [9.17, 15) is 0 Å². The molecule has 94 valence electrons. The fourth-order valence-electron chi connectivity index (χ4n) is 3.00. The minimum Gasteiger partial charge on any atom is -0.314 e. The second-order valence-electron chi connectivity index (χ2n) is 5.26. The van der Waals surface area contributed by atoms with Crippen LogP contribution in [-0.2, 0) is 6.42 Å². The Kier molecular flexibility index (Phi) is 4.61. The number of rotatable bonds is 5. The first-order chi connectivity index (χ1) is 8.33. The second kappa shape index (κ2) is 6.20. The Morgan fingerprint density at radius 1 is 1.12 bits per heavy atom. The molecule has 0 saturated heterocycles. The van der Waals surface area contributed by atoms with Crippen LogP contribution in [-0.4, -0.2) is 12.6 Å². The highest BCUT2D eigenvalue weighted by Gasteiger charge is 2.24. The van der Waals surface area contributed by atoms with E-state index in [4.69, 9.17) is 0 Å². The maximum absolute atomic E-state index is 3.58. The second-order valence-corrected chi connectivity index (χ2v) is 5.26. The van der Waals surface area contributed by atoms with Crippen LogP contribution in [0.4, 0.5) is 0 Å². The summed E-state index contributed by atoms with van der Waals surface area (Å²) in [5.74, 6) is 0.787. The maximum atomic E-state index is 3.58. The van der Waals surface area contributed by atoms with Gasteiger partial charge in [-0.2, -0.15) is 0 Å². The first-order valence-electron chi connectivity index (χ1n) is 7.15. The number of benzene rings is 1. The summed E-state index contributed by atoms with van der Waals surface area (Å²) in [6, 6.07) is 10.1. The lowest BCUT2D eigenvalue weighted by Crippen LogP contribution is -2.25.